The number of rotatable bonds is 7. The molecule has 8 heteroatoms. The molecular weight excluding hydrogens is 442 g/mol. The first-order chi connectivity index (χ1) is 16.0. The molecule has 0 unspecified atom stereocenters. The van der Waals surface area contributed by atoms with Crippen LogP contribution in [-0.2, 0) is 6.61 Å². The quantitative estimate of drug-likeness (QED) is 0.381. The molecular formula is C25H22ClN3O4. The first-order valence-electron chi connectivity index (χ1n) is 10.0. The molecule has 0 aliphatic carbocycles. The van der Waals surface area contributed by atoms with Crippen molar-refractivity contribution in [3.05, 3.63) is 77.4 Å². The highest BCUT2D eigenvalue weighted by molar-refractivity contribution is 6.31. The van der Waals surface area contributed by atoms with Crippen LogP contribution in [0.25, 0.3) is 22.4 Å². The van der Waals surface area contributed by atoms with E-state index < -0.39 is 0 Å². The van der Waals surface area contributed by atoms with Crippen LogP contribution in [0.2, 0.25) is 5.02 Å². The molecule has 0 amide bonds. The summed E-state index contributed by atoms with van der Waals surface area (Å²) in [6.45, 7) is 0.274. The molecule has 1 aromatic heterocycles. The topological polar surface area (TPSA) is 99.7 Å². The minimum atomic E-state index is -0.00788. The highest BCUT2D eigenvalue weighted by atomic mass is 35.5. The van der Waals surface area contributed by atoms with Gasteiger partial charge in [-0.05, 0) is 35.9 Å². The molecule has 3 aromatic carbocycles. The molecule has 33 heavy (non-hydrogen) atoms. The van der Waals surface area contributed by atoms with Gasteiger partial charge in [-0.3, -0.25) is 0 Å². The van der Waals surface area contributed by atoms with Gasteiger partial charge in [0.25, 0.3) is 0 Å². The fourth-order valence-corrected chi connectivity index (χ4v) is 3.58. The second-order valence-electron chi connectivity index (χ2n) is 7.12. The van der Waals surface area contributed by atoms with Crippen molar-refractivity contribution in [3.8, 4) is 45.4 Å². The number of nitrogen functional groups attached to an aromatic ring is 1. The summed E-state index contributed by atoms with van der Waals surface area (Å²) in [5, 5.41) is 11.4. The fraction of sp³-hybridized carbons (Fsp3) is 0.120. The van der Waals surface area contributed by atoms with Crippen LogP contribution < -0.4 is 19.9 Å². The van der Waals surface area contributed by atoms with Crippen molar-refractivity contribution >= 4 is 17.5 Å². The van der Waals surface area contributed by atoms with Crippen LogP contribution in [0.4, 0.5) is 5.95 Å². The minimum Gasteiger partial charge on any atom is -0.507 e. The van der Waals surface area contributed by atoms with Crippen molar-refractivity contribution < 1.29 is 19.3 Å². The lowest BCUT2D eigenvalue weighted by molar-refractivity contribution is 0.304. The third-order valence-electron chi connectivity index (χ3n) is 5.08. The number of ether oxygens (including phenoxy) is 3. The second kappa shape index (κ2) is 9.67. The summed E-state index contributed by atoms with van der Waals surface area (Å²) in [6.07, 6.45) is 1.61. The number of aromatic hydroxyl groups is 1. The van der Waals surface area contributed by atoms with Crippen molar-refractivity contribution in [2.24, 2.45) is 0 Å². The van der Waals surface area contributed by atoms with Crippen LogP contribution in [-0.4, -0.2) is 29.3 Å². The number of methoxy groups -OCH3 is 2. The Morgan fingerprint density at radius 2 is 1.73 bits per heavy atom. The SMILES string of the molecule is COc1ccc(-c2cnc(N)nc2-c2ccc(OCc3ccccc3Cl)cc2O)cc1OC. The maximum atomic E-state index is 10.8. The van der Waals surface area contributed by atoms with Gasteiger partial charge in [0.1, 0.15) is 18.1 Å². The second-order valence-corrected chi connectivity index (χ2v) is 7.53. The summed E-state index contributed by atoms with van der Waals surface area (Å²) in [7, 11) is 3.14. The first kappa shape index (κ1) is 22.2. The Kier molecular flexibility index (Phi) is 6.51. The van der Waals surface area contributed by atoms with Gasteiger partial charge in [-0.1, -0.05) is 35.9 Å². The molecule has 4 aromatic rings. The molecule has 0 atom stereocenters. The summed E-state index contributed by atoms with van der Waals surface area (Å²) in [5.74, 6) is 1.73. The number of nitrogens with two attached hydrogens (primary N) is 1. The number of benzene rings is 3. The van der Waals surface area contributed by atoms with Gasteiger partial charge < -0.3 is 25.1 Å². The molecule has 0 fully saturated rings. The molecule has 0 saturated carbocycles. The van der Waals surface area contributed by atoms with Crippen molar-refractivity contribution in [2.75, 3.05) is 20.0 Å². The highest BCUT2D eigenvalue weighted by Crippen LogP contribution is 2.40. The van der Waals surface area contributed by atoms with E-state index in [9.17, 15) is 5.11 Å². The van der Waals surface area contributed by atoms with Crippen LogP contribution in [0.5, 0.6) is 23.0 Å². The number of anilines is 1. The van der Waals surface area contributed by atoms with Crippen LogP contribution in [0, 0.1) is 0 Å². The zero-order chi connectivity index (χ0) is 23.4. The van der Waals surface area contributed by atoms with E-state index in [1.54, 1.807) is 44.7 Å². The maximum Gasteiger partial charge on any atom is 0.220 e. The van der Waals surface area contributed by atoms with Crippen molar-refractivity contribution in [2.45, 2.75) is 6.61 Å². The Bertz CT molecular complexity index is 1300. The van der Waals surface area contributed by atoms with E-state index in [0.29, 0.717) is 39.1 Å². The summed E-state index contributed by atoms with van der Waals surface area (Å²) in [6, 6.07) is 17.9. The van der Waals surface area contributed by atoms with Gasteiger partial charge in [0.15, 0.2) is 11.5 Å². The van der Waals surface area contributed by atoms with E-state index in [-0.39, 0.29) is 18.3 Å². The Hall–Kier alpha value is -3.97. The Balaban J connectivity index is 1.68. The molecule has 0 radical (unpaired) electrons. The molecule has 4 rings (SSSR count). The summed E-state index contributed by atoms with van der Waals surface area (Å²) < 4.78 is 16.5. The summed E-state index contributed by atoms with van der Waals surface area (Å²) in [4.78, 5) is 8.52. The Morgan fingerprint density at radius 3 is 2.45 bits per heavy atom. The third kappa shape index (κ3) is 4.78. The van der Waals surface area contributed by atoms with Crippen molar-refractivity contribution in [3.63, 3.8) is 0 Å². The number of phenolic OH excluding ortho intramolecular Hbond substituents is 1. The van der Waals surface area contributed by atoms with Crippen LogP contribution >= 0.6 is 11.6 Å². The standard InChI is InChI=1S/C25H22ClN3O4/c1-31-22-10-7-15(11-23(22)32-2)19-13-28-25(27)29-24(19)18-9-8-17(12-21(18)30)33-14-16-5-3-4-6-20(16)26/h3-13,30H,14H2,1-2H3,(H2,27,28,29). The average molecular weight is 464 g/mol. The van der Waals surface area contributed by atoms with Crippen molar-refractivity contribution in [1.29, 1.82) is 0 Å². The maximum absolute atomic E-state index is 10.8. The van der Waals surface area contributed by atoms with E-state index in [4.69, 9.17) is 31.5 Å². The average Bonchev–Trinajstić information content (AvgIpc) is 2.83. The lowest BCUT2D eigenvalue weighted by atomic mass is 9.99. The highest BCUT2D eigenvalue weighted by Gasteiger charge is 2.17. The van der Waals surface area contributed by atoms with E-state index in [0.717, 1.165) is 11.1 Å². The van der Waals surface area contributed by atoms with E-state index >= 15 is 0 Å². The number of hydrogen-bond acceptors (Lipinski definition) is 7. The number of halogens is 1. The normalized spacial score (nSPS) is 10.6. The summed E-state index contributed by atoms with van der Waals surface area (Å²) in [5.41, 5.74) is 9.13. The lowest BCUT2D eigenvalue weighted by Crippen LogP contribution is -2.00. The number of phenols is 1. The zero-order valence-electron chi connectivity index (χ0n) is 18.1. The van der Waals surface area contributed by atoms with E-state index in [1.165, 1.54) is 6.07 Å². The molecule has 1 heterocycles. The number of hydrogen-bond donors (Lipinski definition) is 2. The van der Waals surface area contributed by atoms with Crippen molar-refractivity contribution in [1.82, 2.24) is 9.97 Å². The van der Waals surface area contributed by atoms with Gasteiger partial charge in [0, 0.05) is 34.0 Å². The Morgan fingerprint density at radius 1 is 0.939 bits per heavy atom. The van der Waals surface area contributed by atoms with E-state index in [2.05, 4.69) is 9.97 Å². The van der Waals surface area contributed by atoms with Gasteiger partial charge in [-0.25, -0.2) is 9.97 Å². The summed E-state index contributed by atoms with van der Waals surface area (Å²) >= 11 is 6.19. The zero-order valence-corrected chi connectivity index (χ0v) is 18.8. The molecule has 168 valence electrons. The fourth-order valence-electron chi connectivity index (χ4n) is 3.39. The van der Waals surface area contributed by atoms with E-state index in [1.807, 2.05) is 30.3 Å². The molecule has 0 bridgehead atoms. The van der Waals surface area contributed by atoms with Crippen LogP contribution in [0.3, 0.4) is 0 Å². The minimum absolute atomic E-state index is 0.00788. The van der Waals surface area contributed by atoms with Crippen LogP contribution in [0.15, 0.2) is 66.9 Å². The number of nitrogens with zero attached hydrogens (tertiary/aromatic N) is 2. The van der Waals surface area contributed by atoms with Gasteiger partial charge in [0.05, 0.1) is 19.9 Å². The molecule has 3 N–H and O–H groups in total. The smallest absolute Gasteiger partial charge is 0.220 e. The monoisotopic (exact) mass is 463 g/mol. The largest absolute Gasteiger partial charge is 0.507 e. The lowest BCUT2D eigenvalue weighted by Gasteiger charge is -2.14. The van der Waals surface area contributed by atoms with Crippen LogP contribution in [0.1, 0.15) is 5.56 Å². The predicted octanol–water partition coefficient (Wildman–Crippen LogP) is 5.35. The molecule has 0 spiro atoms. The predicted molar refractivity (Wildman–Crippen MR) is 128 cm³/mol. The first-order valence-corrected chi connectivity index (χ1v) is 10.4. The molecule has 0 aliphatic heterocycles. The van der Waals surface area contributed by atoms with Gasteiger partial charge in [0.2, 0.25) is 5.95 Å². The third-order valence-corrected chi connectivity index (χ3v) is 5.45. The molecule has 0 saturated heterocycles. The van der Waals surface area contributed by atoms with Gasteiger partial charge >= 0.3 is 0 Å². The molecule has 7 nitrogen and oxygen atoms in total. The number of aromatic nitrogens is 2. The Labute approximate surface area is 196 Å². The molecule has 0 aliphatic rings. The van der Waals surface area contributed by atoms with Gasteiger partial charge in [-0.2, -0.15) is 0 Å². The van der Waals surface area contributed by atoms with Gasteiger partial charge in [-0.15, -0.1) is 0 Å².